The van der Waals surface area contributed by atoms with Gasteiger partial charge in [-0.15, -0.1) is 0 Å². The lowest BCUT2D eigenvalue weighted by Crippen LogP contribution is -2.01. The average molecular weight is 609 g/mol. The molecule has 6 nitrogen and oxygen atoms in total. The van der Waals surface area contributed by atoms with E-state index in [0.29, 0.717) is 23.2 Å². The van der Waals surface area contributed by atoms with Gasteiger partial charge in [0, 0.05) is 28.1 Å². The number of anilines is 1. The van der Waals surface area contributed by atoms with Gasteiger partial charge in [-0.1, -0.05) is 97.1 Å². The van der Waals surface area contributed by atoms with Crippen LogP contribution in [0.2, 0.25) is 0 Å². The van der Waals surface area contributed by atoms with Gasteiger partial charge in [0.25, 0.3) is 0 Å². The average Bonchev–Trinajstić information content (AvgIpc) is 3.47. The molecule has 0 saturated heterocycles. The Morgan fingerprint density at radius 1 is 0.532 bits per heavy atom. The smallest absolute Gasteiger partial charge is 0.164 e. The first-order chi connectivity index (χ1) is 23.1. The number of rotatable bonds is 6. The fourth-order valence-corrected chi connectivity index (χ4v) is 6.27. The minimum Gasteiger partial charge on any atom is -0.399 e. The summed E-state index contributed by atoms with van der Waals surface area (Å²) < 4.78 is 2.23. The van der Waals surface area contributed by atoms with Crippen molar-refractivity contribution in [2.45, 2.75) is 19.8 Å². The van der Waals surface area contributed by atoms with Gasteiger partial charge in [-0.05, 0) is 84.5 Å². The third-order valence-electron chi connectivity index (χ3n) is 8.55. The van der Waals surface area contributed by atoms with Crippen molar-refractivity contribution in [3.8, 4) is 62.1 Å². The number of allylic oxidation sites excluding steroid dienone is 1. The molecule has 6 heteroatoms. The van der Waals surface area contributed by atoms with Gasteiger partial charge in [-0.2, -0.15) is 0 Å². The van der Waals surface area contributed by atoms with Crippen LogP contribution in [0.4, 0.5) is 5.69 Å². The molecule has 5 aromatic carbocycles. The van der Waals surface area contributed by atoms with E-state index < -0.39 is 0 Å². The molecule has 226 valence electrons. The Balaban J connectivity index is 1.15. The third-order valence-corrected chi connectivity index (χ3v) is 8.55. The fraction of sp³-hybridized carbons (Fsp3) is 0.0732. The second kappa shape index (κ2) is 12.0. The summed E-state index contributed by atoms with van der Waals surface area (Å²) in [6.45, 7) is 2.07. The molecule has 8 rings (SSSR count). The van der Waals surface area contributed by atoms with Gasteiger partial charge in [0.1, 0.15) is 5.82 Å². The lowest BCUT2D eigenvalue weighted by molar-refractivity contribution is 0.936. The molecule has 1 aliphatic rings. The molecule has 0 atom stereocenters. The second-order valence-corrected chi connectivity index (χ2v) is 11.8. The fourth-order valence-electron chi connectivity index (χ4n) is 6.27. The molecule has 2 heterocycles. The zero-order valence-corrected chi connectivity index (χ0v) is 26.0. The van der Waals surface area contributed by atoms with E-state index in [4.69, 9.17) is 25.7 Å². The zero-order chi connectivity index (χ0) is 31.7. The van der Waals surface area contributed by atoms with Gasteiger partial charge in [-0.3, -0.25) is 4.57 Å². The topological polar surface area (TPSA) is 82.5 Å². The number of aromatic nitrogens is 5. The minimum absolute atomic E-state index is 0.617. The van der Waals surface area contributed by atoms with Crippen LogP contribution in [0.5, 0.6) is 0 Å². The van der Waals surface area contributed by atoms with Crippen molar-refractivity contribution in [2.75, 3.05) is 5.73 Å². The predicted octanol–water partition coefficient (Wildman–Crippen LogP) is 9.24. The molecule has 47 heavy (non-hydrogen) atoms. The number of aryl methyl sites for hydroxylation is 2. The molecule has 0 radical (unpaired) electrons. The summed E-state index contributed by atoms with van der Waals surface area (Å²) in [4.78, 5) is 19.5. The molecule has 0 bridgehead atoms. The number of hydrogen-bond donors (Lipinski definition) is 1. The van der Waals surface area contributed by atoms with Crippen LogP contribution in [0.3, 0.4) is 0 Å². The first-order valence-corrected chi connectivity index (χ1v) is 15.8. The molecule has 0 fully saturated rings. The maximum absolute atomic E-state index is 6.50. The minimum atomic E-state index is 0.617. The van der Waals surface area contributed by atoms with Gasteiger partial charge < -0.3 is 5.73 Å². The van der Waals surface area contributed by atoms with E-state index in [1.807, 2.05) is 84.9 Å². The van der Waals surface area contributed by atoms with Crippen LogP contribution in [0.15, 0.2) is 133 Å². The summed E-state index contributed by atoms with van der Waals surface area (Å²) in [7, 11) is 0. The van der Waals surface area contributed by atoms with Crippen molar-refractivity contribution in [3.05, 3.63) is 151 Å². The number of benzene rings is 5. The lowest BCUT2D eigenvalue weighted by Gasteiger charge is -2.13. The summed E-state index contributed by atoms with van der Waals surface area (Å²) in [5.41, 5.74) is 17.6. The molecular weight excluding hydrogens is 576 g/mol. The maximum atomic E-state index is 6.50. The summed E-state index contributed by atoms with van der Waals surface area (Å²) in [6.07, 6.45) is 6.44. The van der Waals surface area contributed by atoms with Gasteiger partial charge in [-0.25, -0.2) is 19.9 Å². The maximum Gasteiger partial charge on any atom is 0.164 e. The molecule has 0 saturated carbocycles. The SMILES string of the molecule is Cc1nc2c(n1-c1ccc(-c3cc(N)cc(-c4cccc(-c5nc(-c6ccccc6)nc(-c6ccccc6)n5)c4)c3)cc1)C=CCC2. The van der Waals surface area contributed by atoms with Crippen LogP contribution in [0.1, 0.15) is 23.6 Å². The first-order valence-electron chi connectivity index (χ1n) is 15.8. The Kier molecular flexibility index (Phi) is 7.23. The number of fused-ring (bicyclic) bond motifs is 1. The van der Waals surface area contributed by atoms with Crippen LogP contribution in [0.25, 0.3) is 68.2 Å². The normalized spacial score (nSPS) is 12.2. The number of imidazole rings is 1. The highest BCUT2D eigenvalue weighted by molar-refractivity contribution is 5.80. The summed E-state index contributed by atoms with van der Waals surface area (Å²) in [6, 6.07) is 43.2. The van der Waals surface area contributed by atoms with E-state index in [1.165, 1.54) is 11.4 Å². The van der Waals surface area contributed by atoms with Crippen molar-refractivity contribution in [1.29, 1.82) is 0 Å². The van der Waals surface area contributed by atoms with Crippen molar-refractivity contribution < 1.29 is 0 Å². The van der Waals surface area contributed by atoms with Crippen LogP contribution in [-0.2, 0) is 6.42 Å². The van der Waals surface area contributed by atoms with E-state index in [2.05, 4.69) is 66.1 Å². The Hall–Kier alpha value is -6.14. The summed E-state index contributed by atoms with van der Waals surface area (Å²) in [5, 5.41) is 0. The molecule has 1 aliphatic carbocycles. The molecule has 0 spiro atoms. The van der Waals surface area contributed by atoms with Gasteiger partial charge >= 0.3 is 0 Å². The van der Waals surface area contributed by atoms with Crippen molar-refractivity contribution in [2.24, 2.45) is 0 Å². The third kappa shape index (κ3) is 5.62. The van der Waals surface area contributed by atoms with Crippen LogP contribution >= 0.6 is 0 Å². The van der Waals surface area contributed by atoms with Gasteiger partial charge in [0.05, 0.1) is 11.4 Å². The van der Waals surface area contributed by atoms with E-state index in [-0.39, 0.29) is 0 Å². The zero-order valence-electron chi connectivity index (χ0n) is 26.0. The molecule has 0 amide bonds. The quantitative estimate of drug-likeness (QED) is 0.190. The van der Waals surface area contributed by atoms with Crippen LogP contribution < -0.4 is 5.73 Å². The number of hydrogen-bond acceptors (Lipinski definition) is 5. The number of nitrogens with two attached hydrogens (primary N) is 1. The highest BCUT2D eigenvalue weighted by atomic mass is 15.1. The van der Waals surface area contributed by atoms with Crippen molar-refractivity contribution >= 4 is 11.8 Å². The largest absolute Gasteiger partial charge is 0.399 e. The number of nitrogen functional groups attached to an aromatic ring is 1. The van der Waals surface area contributed by atoms with E-state index in [9.17, 15) is 0 Å². The molecule has 0 unspecified atom stereocenters. The summed E-state index contributed by atoms with van der Waals surface area (Å²) >= 11 is 0. The molecule has 0 aliphatic heterocycles. The molecule has 7 aromatic rings. The Bertz CT molecular complexity index is 2190. The molecule has 2 aromatic heterocycles. The first kappa shape index (κ1) is 28.3. The number of nitrogens with zero attached hydrogens (tertiary/aromatic N) is 5. The van der Waals surface area contributed by atoms with E-state index in [1.54, 1.807) is 0 Å². The second-order valence-electron chi connectivity index (χ2n) is 11.8. The van der Waals surface area contributed by atoms with E-state index >= 15 is 0 Å². The summed E-state index contributed by atoms with van der Waals surface area (Å²) in [5.74, 6) is 2.89. The Labute approximate surface area is 274 Å². The standard InChI is InChI=1S/C41H32N6/c1-27-43-37-17-8-9-18-38(37)47(27)36-21-19-28(20-22-36)33-24-34(26-35(42)25-33)31-15-10-16-32(23-31)41-45-39(29-11-4-2-5-12-29)44-40(46-41)30-13-6-3-7-14-30/h2-7,9-16,18-26H,8,17,42H2,1H3. The monoisotopic (exact) mass is 608 g/mol. The predicted molar refractivity (Wildman–Crippen MR) is 191 cm³/mol. The van der Waals surface area contributed by atoms with Crippen LogP contribution in [-0.4, -0.2) is 24.5 Å². The van der Waals surface area contributed by atoms with Gasteiger partial charge in [0.15, 0.2) is 17.5 Å². The highest BCUT2D eigenvalue weighted by Gasteiger charge is 2.17. The Morgan fingerprint density at radius 2 is 1.09 bits per heavy atom. The lowest BCUT2D eigenvalue weighted by atomic mass is 9.96. The van der Waals surface area contributed by atoms with Crippen molar-refractivity contribution in [1.82, 2.24) is 24.5 Å². The molecular formula is C41H32N6. The Morgan fingerprint density at radius 3 is 1.74 bits per heavy atom. The molecule has 2 N–H and O–H groups in total. The van der Waals surface area contributed by atoms with Crippen LogP contribution in [0, 0.1) is 6.92 Å². The highest BCUT2D eigenvalue weighted by Crippen LogP contribution is 2.33. The van der Waals surface area contributed by atoms with E-state index in [0.717, 1.165) is 63.3 Å². The van der Waals surface area contributed by atoms with Gasteiger partial charge in [0.2, 0.25) is 0 Å². The van der Waals surface area contributed by atoms with Crippen molar-refractivity contribution in [3.63, 3.8) is 0 Å².